The fourth-order valence-corrected chi connectivity index (χ4v) is 8.41. The van der Waals surface area contributed by atoms with Gasteiger partial charge in [0.05, 0.1) is 40.8 Å². The quantitative estimate of drug-likeness (QED) is 0.0952. The average Bonchev–Trinajstić information content (AvgIpc) is 4.25. The Morgan fingerprint density at radius 3 is 1.56 bits per heavy atom. The third-order valence-electron chi connectivity index (χ3n) is 11.9. The maximum atomic E-state index is 13.4. The molecule has 14 nitrogen and oxygen atoms in total. The van der Waals surface area contributed by atoms with E-state index in [0.29, 0.717) is 51.7 Å². The summed E-state index contributed by atoms with van der Waals surface area (Å²) in [6.07, 6.45) is -9.66. The van der Waals surface area contributed by atoms with Crippen LogP contribution < -0.4 is 30.5 Å². The second kappa shape index (κ2) is 25.2. The van der Waals surface area contributed by atoms with Crippen LogP contribution in [0.4, 0.5) is 65.6 Å². The van der Waals surface area contributed by atoms with Crippen LogP contribution in [0.2, 0.25) is 0 Å². The van der Waals surface area contributed by atoms with Crippen LogP contribution in [-0.4, -0.2) is 64.0 Å². The predicted molar refractivity (Wildman–Crippen MR) is 288 cm³/mol. The molecule has 0 spiro atoms. The Bertz CT molecular complexity index is 3590. The molecule has 0 saturated carbocycles. The lowest BCUT2D eigenvalue weighted by atomic mass is 10.1. The van der Waals surface area contributed by atoms with Gasteiger partial charge in [-0.15, -0.1) is 13.2 Å². The number of benzene rings is 4. The first kappa shape index (κ1) is 59.9. The van der Waals surface area contributed by atoms with Gasteiger partial charge in [0.15, 0.2) is 0 Å². The van der Waals surface area contributed by atoms with Gasteiger partial charge in [0.25, 0.3) is 0 Å². The molecule has 4 aromatic carbocycles. The summed E-state index contributed by atoms with van der Waals surface area (Å²) >= 11 is 0. The van der Waals surface area contributed by atoms with Gasteiger partial charge in [-0.2, -0.15) is 40.2 Å². The Kier molecular flexibility index (Phi) is 18.6. The van der Waals surface area contributed by atoms with Crippen LogP contribution in [0.3, 0.4) is 0 Å². The van der Waals surface area contributed by atoms with Crippen molar-refractivity contribution in [2.75, 3.05) is 15.6 Å². The largest absolute Gasteiger partial charge is 0.573 e. The number of hydrogen-bond donors (Lipinski definition) is 3. The molecule has 428 valence electrons. The summed E-state index contributed by atoms with van der Waals surface area (Å²) in [6.45, 7) is 8.68. The van der Waals surface area contributed by atoms with Crippen molar-refractivity contribution in [1.82, 2.24) is 44.3 Å². The summed E-state index contributed by atoms with van der Waals surface area (Å²) in [5, 5.41) is 11.3. The molecule has 81 heavy (non-hydrogen) atoms. The highest BCUT2D eigenvalue weighted by atomic mass is 19.4. The highest BCUT2D eigenvalue weighted by molar-refractivity contribution is 5.94. The van der Waals surface area contributed by atoms with Crippen LogP contribution in [0.1, 0.15) is 57.1 Å². The van der Waals surface area contributed by atoms with E-state index in [2.05, 4.69) is 45.8 Å². The summed E-state index contributed by atoms with van der Waals surface area (Å²) in [6, 6.07) is 29.0. The van der Waals surface area contributed by atoms with Gasteiger partial charge in [-0.05, 0) is 85.6 Å². The number of ether oxygens (including phenoxy) is 2. The minimum atomic E-state index is -4.89. The smallest absolute Gasteiger partial charge is 0.434 e. The number of para-hydroxylation sites is 2. The molecule has 25 heteroatoms. The van der Waals surface area contributed by atoms with Crippen molar-refractivity contribution < 1.29 is 57.8 Å². The number of rotatable bonds is 13. The zero-order valence-electron chi connectivity index (χ0n) is 44.8. The number of hydrazine groups is 1. The maximum Gasteiger partial charge on any atom is 0.573 e. The molecule has 1 unspecified atom stereocenters. The highest BCUT2D eigenvalue weighted by Gasteiger charge is 2.42. The molecular formula is C56H55F11N12O2. The van der Waals surface area contributed by atoms with E-state index in [0.717, 1.165) is 38.5 Å². The maximum absolute atomic E-state index is 13.4. The molecule has 0 saturated heterocycles. The number of hydrogen-bond acceptors (Lipinski definition) is 11. The number of anilines is 3. The van der Waals surface area contributed by atoms with Crippen LogP contribution >= 0.6 is 0 Å². The van der Waals surface area contributed by atoms with Gasteiger partial charge in [-0.1, -0.05) is 76.2 Å². The van der Waals surface area contributed by atoms with Crippen LogP contribution in [0.25, 0.3) is 50.3 Å². The Balaban J connectivity index is 0.000000220. The minimum Gasteiger partial charge on any atom is -0.434 e. The first-order valence-corrected chi connectivity index (χ1v) is 25.2. The molecule has 1 aliphatic rings. The number of aromatic nitrogens is 8. The summed E-state index contributed by atoms with van der Waals surface area (Å²) in [5.74, 6) is 0.384. The molecule has 9 aromatic rings. The number of fused-ring (bicyclic) bond motifs is 2. The predicted octanol–water partition coefficient (Wildman–Crippen LogP) is 14.7. The third kappa shape index (κ3) is 14.4. The van der Waals surface area contributed by atoms with E-state index in [9.17, 15) is 48.3 Å². The number of allylic oxidation sites excluding steroid dienone is 1. The third-order valence-corrected chi connectivity index (χ3v) is 11.9. The lowest BCUT2D eigenvalue weighted by Gasteiger charge is -2.24. The topological polar surface area (TPSA) is 137 Å². The monoisotopic (exact) mass is 1140 g/mol. The fraction of sp³-hybridized carbons (Fsp3) is 0.268. The molecule has 6 heterocycles. The van der Waals surface area contributed by atoms with Gasteiger partial charge in [-0.3, -0.25) is 5.01 Å². The van der Waals surface area contributed by atoms with Crippen molar-refractivity contribution in [2.24, 2.45) is 14.1 Å². The number of imidazole rings is 2. The van der Waals surface area contributed by atoms with Gasteiger partial charge < -0.3 is 29.2 Å². The Morgan fingerprint density at radius 2 is 1.09 bits per heavy atom. The lowest BCUT2D eigenvalue weighted by Crippen LogP contribution is -2.39. The molecule has 5 aromatic heterocycles. The molecule has 0 amide bonds. The molecule has 0 fully saturated rings. The van der Waals surface area contributed by atoms with Gasteiger partial charge in [0, 0.05) is 56.5 Å². The zero-order valence-corrected chi connectivity index (χ0v) is 44.8. The van der Waals surface area contributed by atoms with E-state index in [1.165, 1.54) is 49.6 Å². The van der Waals surface area contributed by atoms with Crippen LogP contribution in [-0.2, 0) is 33.4 Å². The van der Waals surface area contributed by atoms with E-state index < -0.39 is 48.5 Å². The van der Waals surface area contributed by atoms with Crippen molar-refractivity contribution >= 4 is 39.4 Å². The van der Waals surface area contributed by atoms with Crippen molar-refractivity contribution in [3.8, 4) is 39.7 Å². The van der Waals surface area contributed by atoms with Crippen molar-refractivity contribution in [3.05, 3.63) is 162 Å². The Hall–Kier alpha value is -8.74. The molecule has 10 rings (SSSR count). The van der Waals surface area contributed by atoms with Gasteiger partial charge >= 0.3 is 25.3 Å². The van der Waals surface area contributed by atoms with Gasteiger partial charge in [-0.25, -0.2) is 30.0 Å². The molecule has 0 aliphatic carbocycles. The Morgan fingerprint density at radius 1 is 0.617 bits per heavy atom. The number of nitrogens with one attached hydrogen (secondary N) is 3. The number of nitrogens with zero attached hydrogens (tertiary/aromatic N) is 9. The van der Waals surface area contributed by atoms with E-state index in [-0.39, 0.29) is 34.9 Å². The molecular weight excluding hydrogens is 1080 g/mol. The van der Waals surface area contributed by atoms with E-state index in [4.69, 9.17) is 4.74 Å². The summed E-state index contributed by atoms with van der Waals surface area (Å²) in [7, 11) is 3.55. The van der Waals surface area contributed by atoms with Crippen molar-refractivity contribution in [2.45, 2.75) is 86.0 Å². The van der Waals surface area contributed by atoms with Gasteiger partial charge in [0.2, 0.25) is 0 Å². The molecule has 0 bridgehead atoms. The lowest BCUT2D eigenvalue weighted by molar-refractivity contribution is -0.274. The zero-order chi connectivity index (χ0) is 59.0. The van der Waals surface area contributed by atoms with E-state index in [1.807, 2.05) is 27.7 Å². The SMILES string of the molecule is CC.CC.CC1C=C(C(F)(F)F)N(c2ccc(CNc3cc4c(ncn4C)c(-c4ccccc4OC(F)F)n3)cc2)N1.Cc1cc(C(F)(F)F)n(-c2ccc(CNc3cc4c(ncn4C)c(-c4ccccc4OC(F)(F)F)n3)cc2)n1. The van der Waals surface area contributed by atoms with Crippen LogP contribution in [0.15, 0.2) is 140 Å². The second-order valence-electron chi connectivity index (χ2n) is 17.5. The second-order valence-corrected chi connectivity index (χ2v) is 17.5. The highest BCUT2D eigenvalue weighted by Crippen LogP contribution is 2.39. The normalized spacial score (nSPS) is 13.5. The first-order chi connectivity index (χ1) is 38.5. The molecule has 1 aliphatic heterocycles. The van der Waals surface area contributed by atoms with Crippen molar-refractivity contribution in [3.63, 3.8) is 0 Å². The minimum absolute atomic E-state index is 0.0215. The number of aryl methyl sites for hydroxylation is 3. The number of halogens is 11. The summed E-state index contributed by atoms with van der Waals surface area (Å²) in [5.41, 5.74) is 6.83. The van der Waals surface area contributed by atoms with E-state index >= 15 is 0 Å². The van der Waals surface area contributed by atoms with Gasteiger partial charge in [0.1, 0.15) is 56.9 Å². The average molecular weight is 1140 g/mol. The summed E-state index contributed by atoms with van der Waals surface area (Å²) < 4.78 is 159. The van der Waals surface area contributed by atoms with Crippen molar-refractivity contribution in [1.29, 1.82) is 0 Å². The molecule has 3 N–H and O–H groups in total. The van der Waals surface area contributed by atoms with Crippen LogP contribution in [0.5, 0.6) is 11.5 Å². The number of pyridine rings is 2. The summed E-state index contributed by atoms with van der Waals surface area (Å²) in [4.78, 5) is 17.8. The Labute approximate surface area is 457 Å². The standard InChI is InChI=1S/C26H20F6N6O.C26H23F5N6O.2C2H6/c1-15-11-21(25(27,28)29)38(36-15)17-9-7-16(8-10-17)13-33-22-12-19-24(34-14-37(19)2)23(35-22)18-5-3-4-6-20(18)39-26(30,31)32;1-15-11-21(26(29,30)31)37(35-15)17-9-7-16(8-10-17)13-32-22-12-19-24(33-14-36(19)2)23(34-22)18-5-3-4-6-20(18)38-25(27)28;2*1-2/h3-12,14H,13H2,1-2H3,(H,33,35);3-12,14-15,25,35H,13H2,1-2H3,(H,32,34);2*1-2H3. The van der Waals surface area contributed by atoms with Crippen LogP contribution in [0, 0.1) is 6.92 Å². The fourth-order valence-electron chi connectivity index (χ4n) is 8.41. The molecule has 1 atom stereocenters. The number of alkyl halides is 11. The molecule has 0 radical (unpaired) electrons. The van der Waals surface area contributed by atoms with E-state index in [1.54, 1.807) is 109 Å². The first-order valence-electron chi connectivity index (χ1n) is 25.2.